The highest BCUT2D eigenvalue weighted by Gasteiger charge is 2.17. The van der Waals surface area contributed by atoms with Crippen molar-refractivity contribution >= 4 is 0 Å². The Morgan fingerprint density at radius 3 is 2.46 bits per heavy atom. The van der Waals surface area contributed by atoms with Gasteiger partial charge < -0.3 is 10.3 Å². The van der Waals surface area contributed by atoms with Crippen molar-refractivity contribution in [3.63, 3.8) is 0 Å². The van der Waals surface area contributed by atoms with E-state index in [2.05, 4.69) is 30.9 Å². The van der Waals surface area contributed by atoms with E-state index in [1.54, 1.807) is 0 Å². The first-order valence-corrected chi connectivity index (χ1v) is 4.46. The van der Waals surface area contributed by atoms with Crippen LogP contribution in [0, 0.1) is 5.41 Å². The molecule has 0 aliphatic carbocycles. The summed E-state index contributed by atoms with van der Waals surface area (Å²) in [5.74, 6) is 1.25. The average Bonchev–Trinajstić information content (AvgIpc) is 2.31. The second kappa shape index (κ2) is 3.46. The second-order valence-electron chi connectivity index (χ2n) is 4.57. The van der Waals surface area contributed by atoms with Crippen molar-refractivity contribution in [2.24, 2.45) is 11.1 Å². The van der Waals surface area contributed by atoms with Gasteiger partial charge in [0.15, 0.2) is 5.82 Å². The number of aromatic nitrogens is 2. The molecule has 1 aromatic rings. The van der Waals surface area contributed by atoms with Crippen molar-refractivity contribution in [1.29, 1.82) is 0 Å². The third-order valence-electron chi connectivity index (χ3n) is 1.56. The van der Waals surface area contributed by atoms with Gasteiger partial charge in [-0.15, -0.1) is 0 Å². The van der Waals surface area contributed by atoms with E-state index in [4.69, 9.17) is 10.3 Å². The predicted molar refractivity (Wildman–Crippen MR) is 50.1 cm³/mol. The van der Waals surface area contributed by atoms with Crippen LogP contribution in [0.25, 0.3) is 0 Å². The zero-order valence-corrected chi connectivity index (χ0v) is 8.66. The highest BCUT2D eigenvalue weighted by molar-refractivity contribution is 4.92. The summed E-state index contributed by atoms with van der Waals surface area (Å²) in [6.07, 6.45) is 0.809. The van der Waals surface area contributed by atoms with E-state index in [1.807, 2.05) is 6.92 Å². The Hall–Kier alpha value is -0.900. The third-order valence-corrected chi connectivity index (χ3v) is 1.56. The smallest absolute Gasteiger partial charge is 0.243 e. The van der Waals surface area contributed by atoms with Gasteiger partial charge in [-0.05, 0) is 12.3 Å². The molecule has 0 spiro atoms. The van der Waals surface area contributed by atoms with Crippen molar-refractivity contribution in [1.82, 2.24) is 10.1 Å². The lowest BCUT2D eigenvalue weighted by molar-refractivity contribution is 0.344. The summed E-state index contributed by atoms with van der Waals surface area (Å²) in [5.41, 5.74) is 5.77. The first-order valence-electron chi connectivity index (χ1n) is 4.46. The van der Waals surface area contributed by atoms with Gasteiger partial charge in [-0.25, -0.2) is 0 Å². The molecule has 74 valence electrons. The normalized spacial score (nSPS) is 14.5. The van der Waals surface area contributed by atoms with Crippen molar-refractivity contribution in [3.05, 3.63) is 11.7 Å². The largest absolute Gasteiger partial charge is 0.338 e. The molecule has 0 fully saturated rings. The standard InChI is InChI=1S/C9H17N3O/c1-6(10)8-11-7(12-13-8)5-9(2,3)4/h6H,5,10H2,1-4H3/t6-/m1/s1. The van der Waals surface area contributed by atoms with E-state index in [-0.39, 0.29) is 11.5 Å². The molecule has 1 atom stereocenters. The number of hydrogen-bond acceptors (Lipinski definition) is 4. The number of hydrogen-bond donors (Lipinski definition) is 1. The van der Waals surface area contributed by atoms with E-state index < -0.39 is 0 Å². The minimum Gasteiger partial charge on any atom is -0.338 e. The van der Waals surface area contributed by atoms with Crippen LogP contribution < -0.4 is 5.73 Å². The number of rotatable bonds is 2. The van der Waals surface area contributed by atoms with Crippen molar-refractivity contribution in [3.8, 4) is 0 Å². The van der Waals surface area contributed by atoms with Crippen LogP contribution in [-0.4, -0.2) is 10.1 Å². The zero-order valence-electron chi connectivity index (χ0n) is 8.66. The predicted octanol–water partition coefficient (Wildman–Crippen LogP) is 1.68. The Bertz CT molecular complexity index is 273. The molecule has 1 aromatic heterocycles. The fourth-order valence-corrected chi connectivity index (χ4v) is 0.999. The quantitative estimate of drug-likeness (QED) is 0.757. The minimum atomic E-state index is -0.179. The molecule has 0 unspecified atom stereocenters. The molecule has 4 nitrogen and oxygen atoms in total. The van der Waals surface area contributed by atoms with Crippen molar-refractivity contribution < 1.29 is 4.52 Å². The molecule has 0 amide bonds. The van der Waals surface area contributed by atoms with E-state index in [1.165, 1.54) is 0 Å². The number of nitrogens with two attached hydrogens (primary N) is 1. The Labute approximate surface area is 78.5 Å². The lowest BCUT2D eigenvalue weighted by Crippen LogP contribution is -2.11. The molecule has 0 bridgehead atoms. The highest BCUT2D eigenvalue weighted by Crippen LogP contribution is 2.19. The average molecular weight is 183 g/mol. The van der Waals surface area contributed by atoms with Crippen LogP contribution in [0.3, 0.4) is 0 Å². The van der Waals surface area contributed by atoms with Crippen LogP contribution in [0.5, 0.6) is 0 Å². The molecule has 0 aliphatic heterocycles. The first-order chi connectivity index (χ1) is 5.88. The van der Waals surface area contributed by atoms with Crippen LogP contribution in [0.1, 0.15) is 45.5 Å². The Balaban J connectivity index is 2.70. The van der Waals surface area contributed by atoms with Crippen LogP contribution in [0.2, 0.25) is 0 Å². The molecule has 2 N–H and O–H groups in total. The van der Waals surface area contributed by atoms with Gasteiger partial charge in [0, 0.05) is 6.42 Å². The van der Waals surface area contributed by atoms with Gasteiger partial charge in [-0.3, -0.25) is 0 Å². The fourth-order valence-electron chi connectivity index (χ4n) is 0.999. The fraction of sp³-hybridized carbons (Fsp3) is 0.778. The summed E-state index contributed by atoms with van der Waals surface area (Å²) in [6, 6.07) is -0.179. The van der Waals surface area contributed by atoms with Gasteiger partial charge in [-0.2, -0.15) is 4.98 Å². The van der Waals surface area contributed by atoms with Gasteiger partial charge in [0.1, 0.15) is 0 Å². The minimum absolute atomic E-state index is 0.179. The lowest BCUT2D eigenvalue weighted by Gasteiger charge is -2.14. The highest BCUT2D eigenvalue weighted by atomic mass is 16.5. The second-order valence-corrected chi connectivity index (χ2v) is 4.57. The Morgan fingerprint density at radius 1 is 1.46 bits per heavy atom. The van der Waals surface area contributed by atoms with E-state index >= 15 is 0 Å². The summed E-state index contributed by atoms with van der Waals surface area (Å²) in [7, 11) is 0. The maximum Gasteiger partial charge on any atom is 0.243 e. The molecule has 0 aliphatic rings. The molecular weight excluding hydrogens is 166 g/mol. The maximum atomic E-state index is 5.59. The Kier molecular flexibility index (Phi) is 2.71. The van der Waals surface area contributed by atoms with Crippen molar-refractivity contribution in [2.75, 3.05) is 0 Å². The summed E-state index contributed by atoms with van der Waals surface area (Å²) < 4.78 is 4.99. The molecule has 13 heavy (non-hydrogen) atoms. The summed E-state index contributed by atoms with van der Waals surface area (Å²) in [5, 5.41) is 3.86. The van der Waals surface area contributed by atoms with Gasteiger partial charge in [0.25, 0.3) is 0 Å². The van der Waals surface area contributed by atoms with Crippen molar-refractivity contribution in [2.45, 2.75) is 40.2 Å². The zero-order chi connectivity index (χ0) is 10.1. The monoisotopic (exact) mass is 183 g/mol. The molecule has 4 heteroatoms. The Morgan fingerprint density at radius 2 is 2.08 bits per heavy atom. The molecule has 0 aromatic carbocycles. The molecule has 0 saturated heterocycles. The van der Waals surface area contributed by atoms with E-state index in [9.17, 15) is 0 Å². The molecule has 1 heterocycles. The summed E-state index contributed by atoms with van der Waals surface area (Å²) >= 11 is 0. The van der Waals surface area contributed by atoms with Crippen LogP contribution in [-0.2, 0) is 6.42 Å². The van der Waals surface area contributed by atoms with Gasteiger partial charge in [0.2, 0.25) is 5.89 Å². The first kappa shape index (κ1) is 10.2. The third kappa shape index (κ3) is 3.14. The number of nitrogens with zero attached hydrogens (tertiary/aromatic N) is 2. The SMILES string of the molecule is C[C@@H](N)c1nc(CC(C)(C)C)no1. The molecule has 0 saturated carbocycles. The van der Waals surface area contributed by atoms with E-state index in [0.29, 0.717) is 5.89 Å². The van der Waals surface area contributed by atoms with Gasteiger partial charge >= 0.3 is 0 Å². The maximum absolute atomic E-state index is 5.59. The van der Waals surface area contributed by atoms with Crippen LogP contribution >= 0.6 is 0 Å². The molecule has 1 rings (SSSR count). The molecule has 0 radical (unpaired) electrons. The summed E-state index contributed by atoms with van der Waals surface area (Å²) in [6.45, 7) is 8.23. The summed E-state index contributed by atoms with van der Waals surface area (Å²) in [4.78, 5) is 4.19. The van der Waals surface area contributed by atoms with E-state index in [0.717, 1.165) is 12.2 Å². The van der Waals surface area contributed by atoms with Crippen LogP contribution in [0.4, 0.5) is 0 Å². The molecular formula is C9H17N3O. The van der Waals surface area contributed by atoms with Gasteiger partial charge in [0.05, 0.1) is 6.04 Å². The van der Waals surface area contributed by atoms with Crippen LogP contribution in [0.15, 0.2) is 4.52 Å². The van der Waals surface area contributed by atoms with Gasteiger partial charge in [-0.1, -0.05) is 25.9 Å². The lowest BCUT2D eigenvalue weighted by atomic mass is 9.92. The topological polar surface area (TPSA) is 64.9 Å².